The minimum Gasteiger partial charge on any atom is -0.497 e. The van der Waals surface area contributed by atoms with E-state index in [1.54, 1.807) is 13.3 Å². The first-order valence-corrected chi connectivity index (χ1v) is 10.1. The van der Waals surface area contributed by atoms with Gasteiger partial charge in [0.1, 0.15) is 11.3 Å². The van der Waals surface area contributed by atoms with Crippen molar-refractivity contribution in [3.05, 3.63) is 74.0 Å². The Morgan fingerprint density at radius 1 is 1.29 bits per heavy atom. The second-order valence-corrected chi connectivity index (χ2v) is 8.06. The molecule has 1 aliphatic heterocycles. The molecule has 2 aromatic carbocycles. The number of carbonyl (C=O) groups excluding carboxylic acids is 1. The number of nitrogens with zero attached hydrogens (tertiary/aromatic N) is 1. The van der Waals surface area contributed by atoms with Crippen molar-refractivity contribution >= 4 is 32.7 Å². The normalized spacial score (nSPS) is 15.0. The Morgan fingerprint density at radius 3 is 2.75 bits per heavy atom. The fourth-order valence-corrected chi connectivity index (χ4v) is 4.34. The molecule has 2 heterocycles. The van der Waals surface area contributed by atoms with Gasteiger partial charge in [-0.25, -0.2) is 0 Å². The van der Waals surface area contributed by atoms with E-state index in [-0.39, 0.29) is 22.9 Å². The minimum absolute atomic E-state index is 0.194. The third-order valence-corrected chi connectivity index (χ3v) is 5.72. The Hall–Kier alpha value is -2.60. The van der Waals surface area contributed by atoms with Crippen LogP contribution in [0.25, 0.3) is 10.9 Å². The molecule has 1 atom stereocenters. The van der Waals surface area contributed by atoms with Gasteiger partial charge in [0, 0.05) is 28.6 Å². The number of amides is 1. The average Bonchev–Trinajstić information content (AvgIpc) is 3.00. The maximum absolute atomic E-state index is 13.0. The molecule has 0 aliphatic carbocycles. The van der Waals surface area contributed by atoms with E-state index in [1.165, 1.54) is 0 Å². The Labute approximate surface area is 171 Å². The van der Waals surface area contributed by atoms with Crippen LogP contribution in [0.1, 0.15) is 34.5 Å². The Balaban J connectivity index is 1.56. The van der Waals surface area contributed by atoms with Gasteiger partial charge >= 0.3 is 0 Å². The lowest BCUT2D eigenvalue weighted by atomic mass is 10.1. The highest BCUT2D eigenvalue weighted by Crippen LogP contribution is 2.33. The second kappa shape index (κ2) is 7.43. The van der Waals surface area contributed by atoms with Crippen LogP contribution in [0.3, 0.4) is 0 Å². The van der Waals surface area contributed by atoms with Crippen LogP contribution in [0.5, 0.6) is 5.75 Å². The first-order chi connectivity index (χ1) is 13.5. The summed E-state index contributed by atoms with van der Waals surface area (Å²) in [5.74, 6) is 0.472. The van der Waals surface area contributed by atoms with Crippen LogP contribution in [0.15, 0.2) is 51.9 Å². The SMILES string of the molecule is COc1ccc(CCNC(=O)c2cn3c4c(cc(Br)cc4c2=O)C[C@H]3C)cc1. The van der Waals surface area contributed by atoms with E-state index >= 15 is 0 Å². The van der Waals surface area contributed by atoms with E-state index in [1.807, 2.05) is 30.3 Å². The molecule has 28 heavy (non-hydrogen) atoms. The topological polar surface area (TPSA) is 60.3 Å². The van der Waals surface area contributed by atoms with E-state index in [0.717, 1.165) is 33.3 Å². The summed E-state index contributed by atoms with van der Waals surface area (Å²) < 4.78 is 8.07. The number of ether oxygens (including phenoxy) is 1. The van der Waals surface area contributed by atoms with Crippen LogP contribution in [0.4, 0.5) is 0 Å². The van der Waals surface area contributed by atoms with Crippen LogP contribution < -0.4 is 15.5 Å². The molecule has 3 aromatic rings. The van der Waals surface area contributed by atoms with E-state index in [2.05, 4.69) is 38.8 Å². The summed E-state index contributed by atoms with van der Waals surface area (Å²) in [5, 5.41) is 3.48. The largest absolute Gasteiger partial charge is 0.497 e. The van der Waals surface area contributed by atoms with E-state index < -0.39 is 0 Å². The summed E-state index contributed by atoms with van der Waals surface area (Å²) >= 11 is 3.48. The number of pyridine rings is 1. The third kappa shape index (κ3) is 3.33. The van der Waals surface area contributed by atoms with Crippen LogP contribution >= 0.6 is 15.9 Å². The van der Waals surface area contributed by atoms with Gasteiger partial charge in [0.15, 0.2) is 0 Å². The second-order valence-electron chi connectivity index (χ2n) is 7.15. The van der Waals surface area contributed by atoms with Crippen molar-refractivity contribution < 1.29 is 9.53 Å². The smallest absolute Gasteiger partial charge is 0.256 e. The number of methoxy groups -OCH3 is 1. The average molecular weight is 441 g/mol. The molecule has 1 aliphatic rings. The molecule has 0 fully saturated rings. The molecule has 0 bridgehead atoms. The zero-order chi connectivity index (χ0) is 19.8. The van der Waals surface area contributed by atoms with Gasteiger partial charge in [0.2, 0.25) is 5.43 Å². The molecule has 144 valence electrons. The summed E-state index contributed by atoms with van der Waals surface area (Å²) in [6, 6.07) is 11.8. The van der Waals surface area contributed by atoms with Crippen LogP contribution in [0.2, 0.25) is 0 Å². The lowest BCUT2D eigenvalue weighted by molar-refractivity contribution is 0.0952. The highest BCUT2D eigenvalue weighted by molar-refractivity contribution is 9.10. The summed E-state index contributed by atoms with van der Waals surface area (Å²) in [5.41, 5.74) is 3.15. The number of halogens is 1. The fraction of sp³-hybridized carbons (Fsp3) is 0.273. The molecule has 5 nitrogen and oxygen atoms in total. The van der Waals surface area contributed by atoms with Gasteiger partial charge in [-0.3, -0.25) is 9.59 Å². The Bertz CT molecular complexity index is 1120. The lowest BCUT2D eigenvalue weighted by Gasteiger charge is -2.13. The molecule has 1 amide bonds. The van der Waals surface area contributed by atoms with Gasteiger partial charge in [-0.15, -0.1) is 0 Å². The van der Waals surface area contributed by atoms with Crippen molar-refractivity contribution in [3.63, 3.8) is 0 Å². The van der Waals surface area contributed by atoms with Gasteiger partial charge in [-0.2, -0.15) is 0 Å². The van der Waals surface area contributed by atoms with Gasteiger partial charge in [-0.1, -0.05) is 28.1 Å². The molecule has 0 radical (unpaired) electrons. The summed E-state index contributed by atoms with van der Waals surface area (Å²) in [7, 11) is 1.63. The Kier molecular flexibility index (Phi) is 4.98. The molecular formula is C22H21BrN2O3. The highest BCUT2D eigenvalue weighted by Gasteiger charge is 2.25. The van der Waals surface area contributed by atoms with Crippen molar-refractivity contribution in [3.8, 4) is 5.75 Å². The minimum atomic E-state index is -0.329. The van der Waals surface area contributed by atoms with Crippen molar-refractivity contribution in [1.82, 2.24) is 9.88 Å². The fourth-order valence-electron chi connectivity index (χ4n) is 3.83. The van der Waals surface area contributed by atoms with Crippen LogP contribution in [-0.4, -0.2) is 24.1 Å². The summed E-state index contributed by atoms with van der Waals surface area (Å²) in [4.78, 5) is 25.7. The molecule has 6 heteroatoms. The number of benzene rings is 2. The number of hydrogen-bond acceptors (Lipinski definition) is 3. The molecule has 0 spiro atoms. The van der Waals surface area contributed by atoms with Crippen molar-refractivity contribution in [2.24, 2.45) is 0 Å². The number of carbonyl (C=O) groups is 1. The molecule has 0 saturated heterocycles. The van der Waals surface area contributed by atoms with Crippen LogP contribution in [-0.2, 0) is 12.8 Å². The van der Waals surface area contributed by atoms with Gasteiger partial charge in [0.05, 0.1) is 12.6 Å². The standard InChI is InChI=1S/C22H21BrN2O3/c1-13-9-15-10-16(23)11-18-20(15)25(13)12-19(21(18)26)22(27)24-8-7-14-3-5-17(28-2)6-4-14/h3-6,10-13H,7-9H2,1-2H3,(H,24,27)/t13-/m1/s1. The van der Waals surface area contributed by atoms with Gasteiger partial charge in [0.25, 0.3) is 5.91 Å². The van der Waals surface area contributed by atoms with Gasteiger partial charge < -0.3 is 14.6 Å². The molecule has 4 rings (SSSR count). The zero-order valence-corrected chi connectivity index (χ0v) is 17.4. The molecule has 1 aromatic heterocycles. The monoisotopic (exact) mass is 440 g/mol. The first kappa shape index (κ1) is 18.7. The quantitative estimate of drug-likeness (QED) is 0.654. The number of rotatable bonds is 5. The summed E-state index contributed by atoms with van der Waals surface area (Å²) in [6.07, 6.45) is 3.25. The molecular weight excluding hydrogens is 420 g/mol. The maximum Gasteiger partial charge on any atom is 0.256 e. The molecule has 1 N–H and O–H groups in total. The van der Waals surface area contributed by atoms with E-state index in [4.69, 9.17) is 4.74 Å². The van der Waals surface area contributed by atoms with Gasteiger partial charge in [-0.05, 0) is 55.2 Å². The predicted molar refractivity (Wildman–Crippen MR) is 113 cm³/mol. The highest BCUT2D eigenvalue weighted by atomic mass is 79.9. The third-order valence-electron chi connectivity index (χ3n) is 5.26. The van der Waals surface area contributed by atoms with Crippen LogP contribution in [0, 0.1) is 0 Å². The zero-order valence-electron chi connectivity index (χ0n) is 15.8. The number of aromatic nitrogens is 1. The molecule has 0 saturated carbocycles. The van der Waals surface area contributed by atoms with E-state index in [9.17, 15) is 9.59 Å². The van der Waals surface area contributed by atoms with Crippen molar-refractivity contribution in [2.45, 2.75) is 25.8 Å². The Morgan fingerprint density at radius 2 is 2.04 bits per heavy atom. The maximum atomic E-state index is 13.0. The predicted octanol–water partition coefficient (Wildman–Crippen LogP) is 3.86. The van der Waals surface area contributed by atoms with E-state index in [0.29, 0.717) is 18.4 Å². The van der Waals surface area contributed by atoms with Crippen molar-refractivity contribution in [1.29, 1.82) is 0 Å². The first-order valence-electron chi connectivity index (χ1n) is 9.26. The number of nitrogens with one attached hydrogen (secondary N) is 1. The van der Waals surface area contributed by atoms with Crippen molar-refractivity contribution in [2.75, 3.05) is 13.7 Å². The number of hydrogen-bond donors (Lipinski definition) is 1. The summed E-state index contributed by atoms with van der Waals surface area (Å²) in [6.45, 7) is 2.56. The lowest BCUT2D eigenvalue weighted by Crippen LogP contribution is -2.31. The molecule has 0 unspecified atom stereocenters.